The molecule has 14 rings (SSSR count). The molecule has 0 radical (unpaired) electrons. The normalized spacial score (nSPS) is 11.5. The summed E-state index contributed by atoms with van der Waals surface area (Å²) in [5.74, 6) is 0. The van der Waals surface area contributed by atoms with E-state index >= 15 is 0 Å². The molecule has 0 heterocycles. The van der Waals surface area contributed by atoms with E-state index in [1.165, 1.54) is 104 Å². The first kappa shape index (κ1) is 44.9. The Morgan fingerprint density at radius 2 is 0.737 bits per heavy atom. The Kier molecular flexibility index (Phi) is 11.2. The molecule has 0 unspecified atom stereocenters. The van der Waals surface area contributed by atoms with Crippen molar-refractivity contribution < 1.29 is 0 Å². The topological polar surface area (TPSA) is 6.48 Å². The van der Waals surface area contributed by atoms with Crippen molar-refractivity contribution in [3.8, 4) is 22.3 Å². The lowest BCUT2D eigenvalue weighted by Gasteiger charge is -2.29. The molecule has 0 aromatic heterocycles. The fraction of sp³-hybridized carbons (Fsp3) is 0.0270. The number of para-hydroxylation sites is 2. The molecular weight excluding hydrogens is 917 g/mol. The first-order valence-electron chi connectivity index (χ1n) is 26.4. The number of hydrogen-bond donors (Lipinski definition) is 0. The second-order valence-electron chi connectivity index (χ2n) is 20.0. The lowest BCUT2D eigenvalue weighted by molar-refractivity contribution is 1.23. The van der Waals surface area contributed by atoms with Crippen LogP contribution >= 0.6 is 0 Å². The second kappa shape index (κ2) is 18.9. The van der Waals surface area contributed by atoms with Crippen LogP contribution < -0.4 is 9.80 Å². The largest absolute Gasteiger partial charge is 0.310 e. The van der Waals surface area contributed by atoms with Gasteiger partial charge in [-0.2, -0.15) is 0 Å². The number of fused-ring (bicyclic) bond motifs is 7. The molecule has 0 spiro atoms. The molecule has 0 fully saturated rings. The number of rotatable bonds is 10. The Bertz CT molecular complexity index is 4510. The molecule has 0 saturated heterocycles. The zero-order valence-electron chi connectivity index (χ0n) is 42.2. The summed E-state index contributed by atoms with van der Waals surface area (Å²) < 4.78 is 0. The van der Waals surface area contributed by atoms with E-state index in [2.05, 4.69) is 302 Å². The van der Waals surface area contributed by atoms with Crippen LogP contribution in [0.3, 0.4) is 0 Å². The van der Waals surface area contributed by atoms with E-state index in [0.29, 0.717) is 6.42 Å². The minimum atomic E-state index is 0.713. The van der Waals surface area contributed by atoms with Crippen molar-refractivity contribution in [2.75, 3.05) is 9.80 Å². The maximum Gasteiger partial charge on any atom is 0.0540 e. The summed E-state index contributed by atoms with van der Waals surface area (Å²) in [6, 6.07) is 105. The van der Waals surface area contributed by atoms with Gasteiger partial charge in [0, 0.05) is 33.5 Å². The highest BCUT2D eigenvalue weighted by molar-refractivity contribution is 6.23. The van der Waals surface area contributed by atoms with E-state index in [-0.39, 0.29) is 0 Å². The minimum absolute atomic E-state index is 0.713. The fourth-order valence-electron chi connectivity index (χ4n) is 12.1. The summed E-state index contributed by atoms with van der Waals surface area (Å²) in [5.41, 5.74) is 15.4. The van der Waals surface area contributed by atoms with Crippen molar-refractivity contribution in [2.45, 2.75) is 13.3 Å². The van der Waals surface area contributed by atoms with Gasteiger partial charge in [0.05, 0.1) is 11.4 Å². The molecule has 14 aromatic carbocycles. The Morgan fingerprint density at radius 3 is 1.37 bits per heavy atom. The second-order valence-corrected chi connectivity index (χ2v) is 20.0. The van der Waals surface area contributed by atoms with E-state index in [1.54, 1.807) is 0 Å². The molecule has 0 saturated carbocycles. The highest BCUT2D eigenvalue weighted by Gasteiger charge is 2.25. The van der Waals surface area contributed by atoms with Crippen molar-refractivity contribution in [1.82, 2.24) is 0 Å². The van der Waals surface area contributed by atoms with Crippen molar-refractivity contribution in [3.63, 3.8) is 0 Å². The van der Waals surface area contributed by atoms with Gasteiger partial charge in [0.25, 0.3) is 0 Å². The molecule has 2 nitrogen and oxygen atoms in total. The molecule has 2 heteroatoms. The standard InChI is InChI=1S/C74H52N2/c1-50-22-8-13-33-59(50)60-34-14-11-25-53(60)46-68-66-44-42-58(76(56-31-6-3-7-32-56)73-41-21-28-52-24-10-17-37-63(52)73)49-71(66)74(70-47-54-26-12-15-35-61(54)64-38-18-19-39-65(64)70)67-45-43-57(48-69(67)68)75(55-29-4-2-5-30-55)72-40-20-27-51-23-9-16-36-62(51)72/h2-45,47-49H,46H2,1H3. The highest BCUT2D eigenvalue weighted by atomic mass is 15.1. The summed E-state index contributed by atoms with van der Waals surface area (Å²) in [4.78, 5) is 4.90. The summed E-state index contributed by atoms with van der Waals surface area (Å²) in [7, 11) is 0. The van der Waals surface area contributed by atoms with E-state index < -0.39 is 0 Å². The molecule has 0 aliphatic carbocycles. The molecule has 0 aliphatic rings. The molecule has 76 heavy (non-hydrogen) atoms. The van der Waals surface area contributed by atoms with Crippen LogP contribution in [0.2, 0.25) is 0 Å². The molecule has 0 atom stereocenters. The van der Waals surface area contributed by atoms with Gasteiger partial charge in [0.2, 0.25) is 0 Å². The predicted octanol–water partition coefficient (Wildman–Crippen LogP) is 20.8. The fourth-order valence-corrected chi connectivity index (χ4v) is 12.1. The third-order valence-corrected chi connectivity index (χ3v) is 15.6. The average molecular weight is 969 g/mol. The molecule has 0 aliphatic heterocycles. The van der Waals surface area contributed by atoms with Gasteiger partial charge in [-0.1, -0.05) is 218 Å². The smallest absolute Gasteiger partial charge is 0.0540 e. The summed E-state index contributed by atoms with van der Waals surface area (Å²) in [6.45, 7) is 2.23. The number of anilines is 6. The van der Waals surface area contributed by atoms with Crippen LogP contribution in [-0.4, -0.2) is 0 Å². The molecule has 14 aromatic rings. The van der Waals surface area contributed by atoms with E-state index in [0.717, 1.165) is 34.1 Å². The Labute approximate surface area is 443 Å². The molecule has 0 bridgehead atoms. The van der Waals surface area contributed by atoms with Crippen molar-refractivity contribution in [1.29, 1.82) is 0 Å². The lowest BCUT2D eigenvalue weighted by atomic mass is 9.82. The summed E-state index contributed by atoms with van der Waals surface area (Å²) in [5, 5.41) is 14.6. The quantitative estimate of drug-likeness (QED) is 0.0995. The van der Waals surface area contributed by atoms with Crippen LogP contribution in [0.5, 0.6) is 0 Å². The molecule has 358 valence electrons. The summed E-state index contributed by atoms with van der Waals surface area (Å²) >= 11 is 0. The van der Waals surface area contributed by atoms with Gasteiger partial charge in [-0.15, -0.1) is 0 Å². The Morgan fingerprint density at radius 1 is 0.263 bits per heavy atom. The molecule has 0 N–H and O–H groups in total. The first-order valence-corrected chi connectivity index (χ1v) is 26.4. The van der Waals surface area contributed by atoms with Gasteiger partial charge in [-0.25, -0.2) is 0 Å². The number of nitrogens with zero attached hydrogens (tertiary/aromatic N) is 2. The minimum Gasteiger partial charge on any atom is -0.310 e. The van der Waals surface area contributed by atoms with Crippen LogP contribution in [-0.2, 0) is 6.42 Å². The van der Waals surface area contributed by atoms with Gasteiger partial charge in [0.1, 0.15) is 0 Å². The van der Waals surface area contributed by atoms with Gasteiger partial charge in [0.15, 0.2) is 0 Å². The monoisotopic (exact) mass is 968 g/mol. The zero-order chi connectivity index (χ0) is 50.5. The number of hydrogen-bond acceptors (Lipinski definition) is 2. The van der Waals surface area contributed by atoms with Gasteiger partial charge < -0.3 is 9.80 Å². The number of benzene rings is 14. The van der Waals surface area contributed by atoms with Gasteiger partial charge >= 0.3 is 0 Å². The van der Waals surface area contributed by atoms with Crippen molar-refractivity contribution in [3.05, 3.63) is 302 Å². The van der Waals surface area contributed by atoms with Gasteiger partial charge in [-0.3, -0.25) is 0 Å². The van der Waals surface area contributed by atoms with Crippen LogP contribution in [0.15, 0.2) is 285 Å². The SMILES string of the molecule is Cc1ccccc1-c1ccccc1Cc1c2cc(N(c3ccccc3)c3cccc4ccccc34)ccc2c(-c2cc3ccccc3c3ccccc23)c2cc(N(c3ccccc3)c3cccc4ccccc34)ccc12. The third kappa shape index (κ3) is 7.74. The Hall–Kier alpha value is -9.76. The number of aryl methyl sites for hydroxylation is 1. The zero-order valence-corrected chi connectivity index (χ0v) is 42.2. The average Bonchev–Trinajstić information content (AvgIpc) is 3.52. The van der Waals surface area contributed by atoms with E-state index in [4.69, 9.17) is 0 Å². The van der Waals surface area contributed by atoms with E-state index in [1.807, 2.05) is 0 Å². The first-order chi connectivity index (χ1) is 37.6. The summed E-state index contributed by atoms with van der Waals surface area (Å²) in [6.07, 6.45) is 0.713. The Balaban J connectivity index is 1.13. The lowest BCUT2D eigenvalue weighted by Crippen LogP contribution is -2.11. The van der Waals surface area contributed by atoms with Crippen molar-refractivity contribution >= 4 is 98.8 Å². The van der Waals surface area contributed by atoms with Crippen molar-refractivity contribution in [2.24, 2.45) is 0 Å². The van der Waals surface area contributed by atoms with Crippen LogP contribution in [0.1, 0.15) is 16.7 Å². The van der Waals surface area contributed by atoms with Gasteiger partial charge in [-0.05, 0) is 173 Å². The molecular formula is C74H52N2. The predicted molar refractivity (Wildman–Crippen MR) is 326 cm³/mol. The highest BCUT2D eigenvalue weighted by Crippen LogP contribution is 2.50. The van der Waals surface area contributed by atoms with Crippen LogP contribution in [0.4, 0.5) is 34.1 Å². The van der Waals surface area contributed by atoms with E-state index in [9.17, 15) is 0 Å². The maximum atomic E-state index is 2.49. The van der Waals surface area contributed by atoms with Crippen LogP contribution in [0.25, 0.3) is 86.9 Å². The maximum absolute atomic E-state index is 2.49. The molecule has 0 amide bonds. The van der Waals surface area contributed by atoms with Crippen LogP contribution in [0, 0.1) is 6.92 Å². The third-order valence-electron chi connectivity index (χ3n) is 15.6.